The monoisotopic (exact) mass is 673 g/mol. The Bertz CT molecular complexity index is 1920. The van der Waals surface area contributed by atoms with Crippen molar-refractivity contribution >= 4 is 45.3 Å². The molecule has 0 unspecified atom stereocenters. The number of nitrogens with zero attached hydrogens (tertiary/aromatic N) is 2. The van der Waals surface area contributed by atoms with Crippen LogP contribution in [-0.2, 0) is 11.4 Å². The molecule has 258 valence electrons. The Labute approximate surface area is 292 Å². The van der Waals surface area contributed by atoms with E-state index in [0.29, 0.717) is 52.2 Å². The van der Waals surface area contributed by atoms with Crippen molar-refractivity contribution in [1.82, 2.24) is 5.32 Å². The van der Waals surface area contributed by atoms with E-state index in [1.165, 1.54) is 26.4 Å². The highest BCUT2D eigenvalue weighted by Gasteiger charge is 2.18. The number of ether oxygens (including phenoxy) is 1. The van der Waals surface area contributed by atoms with Gasteiger partial charge in [0.15, 0.2) is 5.75 Å². The first-order chi connectivity index (χ1) is 24.5. The molecule has 10 nitrogen and oxygen atoms in total. The molecule has 0 atom stereocenters. The van der Waals surface area contributed by atoms with Crippen molar-refractivity contribution in [1.29, 1.82) is 0 Å². The minimum absolute atomic E-state index is 0.116. The zero-order valence-electron chi connectivity index (χ0n) is 28.4. The van der Waals surface area contributed by atoms with E-state index >= 15 is 0 Å². The van der Waals surface area contributed by atoms with Crippen molar-refractivity contribution in [2.24, 2.45) is 10.2 Å². The van der Waals surface area contributed by atoms with E-state index in [2.05, 4.69) is 33.3 Å². The molecular formula is C40H43N5O5. The largest absolute Gasteiger partial charge is 0.504 e. The summed E-state index contributed by atoms with van der Waals surface area (Å²) in [5.41, 5.74) is 6.03. The summed E-state index contributed by atoms with van der Waals surface area (Å²) in [6.45, 7) is 3.13. The third-order valence-corrected chi connectivity index (χ3v) is 8.16. The maximum absolute atomic E-state index is 13.1. The van der Waals surface area contributed by atoms with Crippen LogP contribution in [0.2, 0.25) is 0 Å². The van der Waals surface area contributed by atoms with Gasteiger partial charge in [-0.25, -0.2) is 0 Å². The molecule has 10 heteroatoms. The third kappa shape index (κ3) is 9.67. The summed E-state index contributed by atoms with van der Waals surface area (Å²) in [4.78, 5) is 31.9. The van der Waals surface area contributed by atoms with E-state index in [-0.39, 0.29) is 23.0 Å². The molecule has 0 radical (unpaired) electrons. The zero-order chi connectivity index (χ0) is 35.1. The maximum Gasteiger partial charge on any atom is 0.255 e. The molecule has 0 aromatic heterocycles. The van der Waals surface area contributed by atoms with Gasteiger partial charge in [0.05, 0.1) is 25.1 Å². The average molecular weight is 674 g/mol. The molecule has 2 amide bonds. The van der Waals surface area contributed by atoms with E-state index in [4.69, 9.17) is 9.57 Å². The summed E-state index contributed by atoms with van der Waals surface area (Å²) in [5, 5.41) is 27.3. The molecule has 50 heavy (non-hydrogen) atoms. The lowest BCUT2D eigenvalue weighted by Gasteiger charge is -2.13. The predicted octanol–water partition coefficient (Wildman–Crippen LogP) is 9.86. The van der Waals surface area contributed by atoms with Gasteiger partial charge >= 0.3 is 0 Å². The lowest BCUT2D eigenvalue weighted by molar-refractivity contribution is 0.0952. The second kappa shape index (κ2) is 18.1. The molecule has 0 aliphatic carbocycles. The van der Waals surface area contributed by atoms with Crippen LogP contribution in [0.4, 0.5) is 22.7 Å². The number of rotatable bonds is 17. The van der Waals surface area contributed by atoms with Gasteiger partial charge in [-0.1, -0.05) is 93.6 Å². The van der Waals surface area contributed by atoms with Gasteiger partial charge in [0.25, 0.3) is 11.8 Å². The SMILES string of the molecule is CCCCCCCCNC(=O)c1ccc2c(N=Nc3cc(NOCc4ccccc4)ccc3OC)c(O)c(NC(=O)c3ccccc3)cc2c1. The van der Waals surface area contributed by atoms with Gasteiger partial charge in [0.1, 0.15) is 17.1 Å². The van der Waals surface area contributed by atoms with Crippen molar-refractivity contribution in [3.63, 3.8) is 0 Å². The number of hydrogen-bond acceptors (Lipinski definition) is 8. The minimum Gasteiger partial charge on any atom is -0.504 e. The zero-order valence-corrected chi connectivity index (χ0v) is 28.4. The number of methoxy groups -OCH3 is 1. The first kappa shape index (κ1) is 35.6. The van der Waals surface area contributed by atoms with E-state index in [0.717, 1.165) is 24.8 Å². The Balaban J connectivity index is 1.42. The summed E-state index contributed by atoms with van der Waals surface area (Å²) >= 11 is 0. The molecule has 4 N–H and O–H groups in total. The normalized spacial score (nSPS) is 11.1. The molecule has 0 bridgehead atoms. The quantitative estimate of drug-likeness (QED) is 0.0336. The van der Waals surface area contributed by atoms with Crippen LogP contribution in [-0.4, -0.2) is 30.6 Å². The number of carbonyl (C=O) groups is 2. The molecule has 0 aliphatic heterocycles. The van der Waals surface area contributed by atoms with Gasteiger partial charge in [0.2, 0.25) is 0 Å². The van der Waals surface area contributed by atoms with Gasteiger partial charge in [-0.05, 0) is 65.9 Å². The van der Waals surface area contributed by atoms with Crippen LogP contribution in [0.15, 0.2) is 113 Å². The fraction of sp³-hybridized carbons (Fsp3) is 0.250. The molecule has 5 aromatic carbocycles. The number of fused-ring (bicyclic) bond motifs is 1. The summed E-state index contributed by atoms with van der Waals surface area (Å²) in [5.74, 6) is -0.434. The second-order valence-electron chi connectivity index (χ2n) is 11.9. The first-order valence-electron chi connectivity index (χ1n) is 16.9. The fourth-order valence-electron chi connectivity index (χ4n) is 5.42. The summed E-state index contributed by atoms with van der Waals surface area (Å²) in [7, 11) is 1.53. The number of anilines is 2. The van der Waals surface area contributed by atoms with Crippen LogP contribution in [0.3, 0.4) is 0 Å². The third-order valence-electron chi connectivity index (χ3n) is 8.16. The Kier molecular flexibility index (Phi) is 12.9. The number of benzene rings is 5. The number of hydrogen-bond donors (Lipinski definition) is 4. The van der Waals surface area contributed by atoms with E-state index < -0.39 is 5.91 Å². The number of carbonyl (C=O) groups excluding carboxylic acids is 2. The van der Waals surface area contributed by atoms with E-state index in [9.17, 15) is 14.7 Å². The van der Waals surface area contributed by atoms with Crippen molar-refractivity contribution in [3.05, 3.63) is 120 Å². The van der Waals surface area contributed by atoms with Crippen molar-refractivity contribution in [3.8, 4) is 11.5 Å². The number of nitrogens with one attached hydrogen (secondary N) is 3. The summed E-state index contributed by atoms with van der Waals surface area (Å²) in [6, 6.07) is 30.4. The first-order valence-corrected chi connectivity index (χ1v) is 16.9. The highest BCUT2D eigenvalue weighted by molar-refractivity contribution is 6.09. The number of amides is 2. The van der Waals surface area contributed by atoms with Gasteiger partial charge < -0.3 is 20.5 Å². The van der Waals surface area contributed by atoms with Crippen LogP contribution >= 0.6 is 0 Å². The average Bonchev–Trinajstić information content (AvgIpc) is 3.15. The molecule has 0 saturated carbocycles. The summed E-state index contributed by atoms with van der Waals surface area (Å²) < 4.78 is 5.53. The van der Waals surface area contributed by atoms with E-state index in [1.54, 1.807) is 66.7 Å². The van der Waals surface area contributed by atoms with Crippen molar-refractivity contribution in [2.45, 2.75) is 52.1 Å². The topological polar surface area (TPSA) is 134 Å². The molecule has 0 fully saturated rings. The lowest BCUT2D eigenvalue weighted by Crippen LogP contribution is -2.24. The van der Waals surface area contributed by atoms with Crippen LogP contribution in [0.5, 0.6) is 11.5 Å². The van der Waals surface area contributed by atoms with Crippen LogP contribution in [0.25, 0.3) is 10.8 Å². The molecule has 0 spiro atoms. The molecule has 5 aromatic rings. The highest BCUT2D eigenvalue weighted by Crippen LogP contribution is 2.43. The van der Waals surface area contributed by atoms with Crippen molar-refractivity contribution < 1.29 is 24.3 Å². The van der Waals surface area contributed by atoms with Crippen LogP contribution in [0.1, 0.15) is 71.7 Å². The Morgan fingerprint density at radius 3 is 2.26 bits per heavy atom. The standard InChI is InChI=1S/C40H43N5O5/c1-3-4-5-6-7-14-23-41-39(47)30-19-21-33-31(24-30)25-35(42-40(48)29-17-12-9-13-18-29)38(46)37(33)44-43-34-26-32(20-22-36(34)49-2)45-50-27-28-15-10-8-11-16-28/h8-13,15-22,24-26,45-46H,3-7,14,23,27H2,1-2H3,(H,41,47)(H,42,48). The van der Waals surface area contributed by atoms with Crippen LogP contribution < -0.4 is 20.9 Å². The lowest BCUT2D eigenvalue weighted by atomic mass is 10.0. The van der Waals surface area contributed by atoms with Gasteiger partial charge in [-0.2, -0.15) is 0 Å². The number of aromatic hydroxyl groups is 1. The van der Waals surface area contributed by atoms with E-state index in [1.807, 2.05) is 36.4 Å². The number of unbranched alkanes of at least 4 members (excludes halogenated alkanes) is 5. The van der Waals surface area contributed by atoms with Gasteiger partial charge in [-0.3, -0.25) is 19.9 Å². The molecule has 5 rings (SSSR count). The maximum atomic E-state index is 13.1. The molecule has 0 aliphatic rings. The molecular weight excluding hydrogens is 630 g/mol. The number of azo groups is 1. The van der Waals surface area contributed by atoms with Crippen molar-refractivity contribution in [2.75, 3.05) is 24.5 Å². The van der Waals surface area contributed by atoms with Crippen LogP contribution in [0, 0.1) is 0 Å². The number of phenolic OH excluding ortho intramolecular Hbond substituents is 1. The molecule has 0 heterocycles. The fourth-order valence-corrected chi connectivity index (χ4v) is 5.42. The minimum atomic E-state index is -0.410. The second-order valence-corrected chi connectivity index (χ2v) is 11.9. The smallest absolute Gasteiger partial charge is 0.255 e. The Hall–Kier alpha value is -5.74. The number of phenols is 1. The predicted molar refractivity (Wildman–Crippen MR) is 198 cm³/mol. The van der Waals surface area contributed by atoms with Gasteiger partial charge in [0, 0.05) is 23.1 Å². The highest BCUT2D eigenvalue weighted by atomic mass is 16.6. The van der Waals surface area contributed by atoms with Gasteiger partial charge in [-0.15, -0.1) is 10.2 Å². The Morgan fingerprint density at radius 1 is 0.760 bits per heavy atom. The Morgan fingerprint density at radius 2 is 1.50 bits per heavy atom. The molecule has 0 saturated heterocycles. The summed E-state index contributed by atoms with van der Waals surface area (Å²) in [6.07, 6.45) is 6.78.